The van der Waals surface area contributed by atoms with Crippen molar-refractivity contribution in [2.75, 3.05) is 19.5 Å². The molecule has 132 valence electrons. The van der Waals surface area contributed by atoms with Crippen molar-refractivity contribution in [2.45, 2.75) is 44.6 Å². The minimum atomic E-state index is 0.0787. The number of hydrogen-bond acceptors (Lipinski definition) is 3. The highest BCUT2D eigenvalue weighted by atomic mass is 32.2. The Labute approximate surface area is 151 Å². The van der Waals surface area contributed by atoms with Gasteiger partial charge in [0.1, 0.15) is 18.5 Å². The summed E-state index contributed by atoms with van der Waals surface area (Å²) < 4.78 is 11.4. The van der Waals surface area contributed by atoms with E-state index in [1.807, 2.05) is 32.0 Å². The van der Waals surface area contributed by atoms with E-state index in [1.165, 1.54) is 10.5 Å². The number of hydrogen-bond donors (Lipinski definition) is 0. The standard InChI is InChI=1S/C19H24O2S.C2H6/c1-15(2)16-9-11-17(12-10-16)21-13-18(20-3)14-22-19-7-5-4-6-8-19;1-2/h4-12,15,18H,13-14H2,1-3H3;1-2H3. The summed E-state index contributed by atoms with van der Waals surface area (Å²) in [5, 5.41) is 0. The van der Waals surface area contributed by atoms with Crippen LogP contribution in [-0.4, -0.2) is 25.6 Å². The largest absolute Gasteiger partial charge is 0.491 e. The zero-order chi connectivity index (χ0) is 17.8. The Balaban J connectivity index is 0.00000139. The molecule has 0 saturated carbocycles. The summed E-state index contributed by atoms with van der Waals surface area (Å²) in [5.74, 6) is 2.32. The molecule has 3 heteroatoms. The SMILES string of the molecule is CC.COC(COc1ccc(C(C)C)cc1)CSc1ccccc1. The second-order valence-corrected chi connectivity index (χ2v) is 6.61. The molecule has 0 heterocycles. The van der Waals surface area contributed by atoms with Crippen molar-refractivity contribution >= 4 is 11.8 Å². The van der Waals surface area contributed by atoms with Gasteiger partial charge in [-0.3, -0.25) is 0 Å². The van der Waals surface area contributed by atoms with Gasteiger partial charge < -0.3 is 9.47 Å². The molecule has 0 spiro atoms. The molecule has 0 saturated heterocycles. The predicted molar refractivity (Wildman–Crippen MR) is 105 cm³/mol. The van der Waals surface area contributed by atoms with Gasteiger partial charge in [0.05, 0.1) is 0 Å². The first-order valence-corrected chi connectivity index (χ1v) is 9.61. The third kappa shape index (κ3) is 7.41. The molecule has 0 radical (unpaired) electrons. The van der Waals surface area contributed by atoms with E-state index >= 15 is 0 Å². The molecule has 2 rings (SSSR count). The van der Waals surface area contributed by atoms with E-state index in [2.05, 4.69) is 50.2 Å². The molecule has 1 atom stereocenters. The van der Waals surface area contributed by atoms with Gasteiger partial charge in [-0.05, 0) is 35.7 Å². The molecular formula is C21H30O2S. The number of methoxy groups -OCH3 is 1. The van der Waals surface area contributed by atoms with Crippen LogP contribution >= 0.6 is 11.8 Å². The van der Waals surface area contributed by atoms with E-state index < -0.39 is 0 Å². The summed E-state index contributed by atoms with van der Waals surface area (Å²) in [7, 11) is 1.74. The third-order valence-electron chi connectivity index (χ3n) is 3.50. The van der Waals surface area contributed by atoms with Crippen LogP contribution in [0.3, 0.4) is 0 Å². The molecule has 0 bridgehead atoms. The first kappa shape index (κ1) is 20.6. The van der Waals surface area contributed by atoms with E-state index in [0.717, 1.165) is 11.5 Å². The van der Waals surface area contributed by atoms with Crippen LogP contribution < -0.4 is 4.74 Å². The van der Waals surface area contributed by atoms with E-state index in [4.69, 9.17) is 9.47 Å². The van der Waals surface area contributed by atoms with Crippen LogP contribution in [0.15, 0.2) is 59.5 Å². The molecule has 0 aliphatic heterocycles. The number of rotatable bonds is 8. The van der Waals surface area contributed by atoms with Crippen molar-refractivity contribution in [1.29, 1.82) is 0 Å². The van der Waals surface area contributed by atoms with Gasteiger partial charge in [0.25, 0.3) is 0 Å². The summed E-state index contributed by atoms with van der Waals surface area (Å²) >= 11 is 1.79. The minimum absolute atomic E-state index is 0.0787. The van der Waals surface area contributed by atoms with Crippen molar-refractivity contribution in [3.8, 4) is 5.75 Å². The maximum atomic E-state index is 5.84. The Hall–Kier alpha value is -1.45. The molecule has 24 heavy (non-hydrogen) atoms. The summed E-state index contributed by atoms with van der Waals surface area (Å²) in [6.07, 6.45) is 0.0787. The third-order valence-corrected chi connectivity index (χ3v) is 4.64. The average Bonchev–Trinajstić information content (AvgIpc) is 2.64. The first-order chi connectivity index (χ1) is 11.7. The fraction of sp³-hybridized carbons (Fsp3) is 0.429. The maximum Gasteiger partial charge on any atom is 0.119 e. The summed E-state index contributed by atoms with van der Waals surface area (Å²) in [5.41, 5.74) is 1.33. The van der Waals surface area contributed by atoms with Crippen LogP contribution in [0.4, 0.5) is 0 Å². The van der Waals surface area contributed by atoms with Gasteiger partial charge in [-0.2, -0.15) is 0 Å². The zero-order valence-electron chi connectivity index (χ0n) is 15.5. The second kappa shape index (κ2) is 12.0. The van der Waals surface area contributed by atoms with Crippen molar-refractivity contribution in [2.24, 2.45) is 0 Å². The number of benzene rings is 2. The lowest BCUT2D eigenvalue weighted by atomic mass is 10.0. The van der Waals surface area contributed by atoms with Gasteiger partial charge in [0, 0.05) is 17.8 Å². The molecule has 1 unspecified atom stereocenters. The maximum absolute atomic E-state index is 5.84. The van der Waals surface area contributed by atoms with Crippen molar-refractivity contribution in [3.63, 3.8) is 0 Å². The quantitative estimate of drug-likeness (QED) is 0.544. The molecule has 0 fully saturated rings. The van der Waals surface area contributed by atoms with Crippen LogP contribution in [0.1, 0.15) is 39.2 Å². The van der Waals surface area contributed by atoms with Crippen LogP contribution in [0.25, 0.3) is 0 Å². The first-order valence-electron chi connectivity index (χ1n) is 8.62. The fourth-order valence-corrected chi connectivity index (χ4v) is 2.99. The molecule has 2 aromatic rings. The Bertz CT molecular complexity index is 538. The normalized spacial score (nSPS) is 11.6. The molecule has 2 nitrogen and oxygen atoms in total. The predicted octanol–water partition coefficient (Wildman–Crippen LogP) is 6.02. The summed E-state index contributed by atoms with van der Waals surface area (Å²) in [6, 6.07) is 18.7. The fourth-order valence-electron chi connectivity index (χ4n) is 2.03. The van der Waals surface area contributed by atoms with Gasteiger partial charge in [-0.15, -0.1) is 11.8 Å². The van der Waals surface area contributed by atoms with Gasteiger partial charge in [-0.1, -0.05) is 58.0 Å². The number of thioether (sulfide) groups is 1. The lowest BCUT2D eigenvalue weighted by Crippen LogP contribution is -2.22. The smallest absolute Gasteiger partial charge is 0.119 e. The topological polar surface area (TPSA) is 18.5 Å². The molecule has 0 aliphatic rings. The van der Waals surface area contributed by atoms with E-state index in [-0.39, 0.29) is 6.10 Å². The lowest BCUT2D eigenvalue weighted by molar-refractivity contribution is 0.0750. The Morgan fingerprint density at radius 1 is 0.917 bits per heavy atom. The van der Waals surface area contributed by atoms with Crippen LogP contribution in [0.2, 0.25) is 0 Å². The monoisotopic (exact) mass is 346 g/mol. The average molecular weight is 347 g/mol. The number of ether oxygens (including phenoxy) is 2. The Morgan fingerprint density at radius 2 is 1.54 bits per heavy atom. The second-order valence-electron chi connectivity index (χ2n) is 5.52. The molecule has 2 aromatic carbocycles. The molecule has 0 N–H and O–H groups in total. The molecule has 0 aromatic heterocycles. The molecule has 0 aliphatic carbocycles. The van der Waals surface area contributed by atoms with E-state index in [9.17, 15) is 0 Å². The Morgan fingerprint density at radius 3 is 2.08 bits per heavy atom. The van der Waals surface area contributed by atoms with E-state index in [1.54, 1.807) is 18.9 Å². The summed E-state index contributed by atoms with van der Waals surface area (Å²) in [4.78, 5) is 1.26. The van der Waals surface area contributed by atoms with Gasteiger partial charge in [0.2, 0.25) is 0 Å². The lowest BCUT2D eigenvalue weighted by Gasteiger charge is -2.16. The van der Waals surface area contributed by atoms with Crippen molar-refractivity contribution < 1.29 is 9.47 Å². The van der Waals surface area contributed by atoms with Crippen molar-refractivity contribution in [3.05, 3.63) is 60.2 Å². The zero-order valence-corrected chi connectivity index (χ0v) is 16.3. The highest BCUT2D eigenvalue weighted by Gasteiger charge is 2.09. The van der Waals surface area contributed by atoms with Gasteiger partial charge in [0.15, 0.2) is 0 Å². The molecular weight excluding hydrogens is 316 g/mol. The van der Waals surface area contributed by atoms with Gasteiger partial charge in [-0.25, -0.2) is 0 Å². The van der Waals surface area contributed by atoms with Gasteiger partial charge >= 0.3 is 0 Å². The minimum Gasteiger partial charge on any atom is -0.491 e. The summed E-state index contributed by atoms with van der Waals surface area (Å²) in [6.45, 7) is 8.95. The Kier molecular flexibility index (Phi) is 10.3. The van der Waals surface area contributed by atoms with Crippen molar-refractivity contribution in [1.82, 2.24) is 0 Å². The molecule has 0 amide bonds. The highest BCUT2D eigenvalue weighted by Crippen LogP contribution is 2.21. The van der Waals surface area contributed by atoms with Crippen LogP contribution in [-0.2, 0) is 4.74 Å². The van der Waals surface area contributed by atoms with E-state index in [0.29, 0.717) is 12.5 Å². The van der Waals surface area contributed by atoms with Crippen LogP contribution in [0.5, 0.6) is 5.75 Å². The van der Waals surface area contributed by atoms with Crippen LogP contribution in [0, 0.1) is 0 Å². The highest BCUT2D eigenvalue weighted by molar-refractivity contribution is 7.99.